The first kappa shape index (κ1) is 14.9. The number of hydrogen-bond acceptors (Lipinski definition) is 4. The van der Waals surface area contributed by atoms with Crippen LogP contribution in [-0.4, -0.2) is 42.3 Å². The van der Waals surface area contributed by atoms with E-state index in [2.05, 4.69) is 5.32 Å². The molecule has 0 fully saturated rings. The number of ether oxygens (including phenoxy) is 1. The Labute approximate surface area is 95.1 Å². The fraction of sp³-hybridized carbons (Fsp3) is 0.800. The summed E-state index contributed by atoms with van der Waals surface area (Å²) in [6, 6.07) is 0. The highest BCUT2D eigenvalue weighted by atomic mass is 16.5. The topological polar surface area (TPSA) is 102 Å². The van der Waals surface area contributed by atoms with Crippen LogP contribution >= 0.6 is 0 Å². The van der Waals surface area contributed by atoms with Gasteiger partial charge in [-0.2, -0.15) is 0 Å². The van der Waals surface area contributed by atoms with E-state index in [0.29, 0.717) is 6.42 Å². The minimum atomic E-state index is -0.966. The van der Waals surface area contributed by atoms with E-state index >= 15 is 0 Å². The summed E-state index contributed by atoms with van der Waals surface area (Å²) in [5.41, 5.74) is 4.79. The zero-order valence-corrected chi connectivity index (χ0v) is 9.95. The van der Waals surface area contributed by atoms with Crippen LogP contribution in [0.4, 0.5) is 0 Å². The number of amides is 1. The highest BCUT2D eigenvalue weighted by Gasteiger charge is 2.26. The zero-order chi connectivity index (χ0) is 12.8. The highest BCUT2D eigenvalue weighted by Crippen LogP contribution is 2.04. The number of rotatable bonds is 7. The Balaban J connectivity index is 4.12. The second-order valence-electron chi connectivity index (χ2n) is 3.94. The molecule has 0 spiro atoms. The van der Waals surface area contributed by atoms with Gasteiger partial charge in [0.2, 0.25) is 5.91 Å². The number of nitrogens with two attached hydrogens (primary N) is 1. The van der Waals surface area contributed by atoms with Crippen molar-refractivity contribution in [1.82, 2.24) is 5.32 Å². The maximum absolute atomic E-state index is 11.6. The van der Waals surface area contributed by atoms with Gasteiger partial charge < -0.3 is 20.9 Å². The van der Waals surface area contributed by atoms with Gasteiger partial charge in [-0.15, -0.1) is 0 Å². The van der Waals surface area contributed by atoms with Crippen LogP contribution in [-0.2, 0) is 14.3 Å². The third-order valence-electron chi connectivity index (χ3n) is 2.48. The number of carboxylic acid groups (broad SMARTS) is 1. The lowest BCUT2D eigenvalue weighted by Gasteiger charge is -2.23. The first-order valence-electron chi connectivity index (χ1n) is 5.15. The molecule has 0 radical (unpaired) electrons. The maximum Gasteiger partial charge on any atom is 0.306 e. The average Bonchev–Trinajstić information content (AvgIpc) is 2.22. The van der Waals surface area contributed by atoms with Crippen molar-refractivity contribution in [3.63, 3.8) is 0 Å². The molecular weight excluding hydrogens is 212 g/mol. The summed E-state index contributed by atoms with van der Waals surface area (Å²) < 4.78 is 4.92. The molecule has 4 N–H and O–H groups in total. The van der Waals surface area contributed by atoms with Crippen molar-refractivity contribution in [2.45, 2.75) is 38.3 Å². The molecule has 0 aliphatic heterocycles. The van der Waals surface area contributed by atoms with Gasteiger partial charge in [-0.25, -0.2) is 0 Å². The molecule has 0 rings (SSSR count). The molecule has 0 aliphatic carbocycles. The summed E-state index contributed by atoms with van der Waals surface area (Å²) in [6.45, 7) is 3.58. The maximum atomic E-state index is 11.6. The van der Waals surface area contributed by atoms with Crippen LogP contribution in [0, 0.1) is 0 Å². The van der Waals surface area contributed by atoms with Crippen molar-refractivity contribution in [2.75, 3.05) is 13.7 Å². The average molecular weight is 232 g/mol. The first-order chi connectivity index (χ1) is 7.33. The Morgan fingerprint density at radius 2 is 2.12 bits per heavy atom. The number of carbonyl (C=O) groups is 2. The van der Waals surface area contributed by atoms with Crippen molar-refractivity contribution in [3.05, 3.63) is 0 Å². The van der Waals surface area contributed by atoms with Crippen LogP contribution in [0.1, 0.15) is 26.7 Å². The molecule has 0 bridgehead atoms. The predicted molar refractivity (Wildman–Crippen MR) is 58.9 cm³/mol. The molecule has 6 heteroatoms. The van der Waals surface area contributed by atoms with Crippen LogP contribution in [0.25, 0.3) is 0 Å². The second-order valence-corrected chi connectivity index (χ2v) is 3.94. The summed E-state index contributed by atoms with van der Waals surface area (Å²) in [5, 5.41) is 11.1. The molecule has 2 unspecified atom stereocenters. The van der Waals surface area contributed by atoms with Gasteiger partial charge in [-0.3, -0.25) is 9.59 Å². The monoisotopic (exact) mass is 232 g/mol. The number of methoxy groups -OCH3 is 1. The lowest BCUT2D eigenvalue weighted by Crippen LogP contribution is -2.52. The molecular formula is C10H20N2O4. The Bertz CT molecular complexity index is 253. The molecule has 6 nitrogen and oxygen atoms in total. The second kappa shape index (κ2) is 6.44. The fourth-order valence-corrected chi connectivity index (χ4v) is 1.00. The standard InChI is InChI=1S/C10H20N2O4/c1-4-10(2,11)9(15)12-6-7(16-3)5-8(13)14/h7H,4-6,11H2,1-3H3,(H,12,15)(H,13,14). The Kier molecular flexibility index (Phi) is 5.98. The number of hydrogen-bond donors (Lipinski definition) is 3. The predicted octanol–water partition coefficient (Wildman–Crippen LogP) is -0.280. The van der Waals surface area contributed by atoms with E-state index in [1.807, 2.05) is 6.92 Å². The van der Waals surface area contributed by atoms with Crippen LogP contribution in [0.15, 0.2) is 0 Å². The van der Waals surface area contributed by atoms with Crippen molar-refractivity contribution in [3.8, 4) is 0 Å². The number of nitrogens with one attached hydrogen (secondary N) is 1. The van der Waals surface area contributed by atoms with Gasteiger partial charge in [0, 0.05) is 13.7 Å². The minimum absolute atomic E-state index is 0.147. The van der Waals surface area contributed by atoms with E-state index in [1.54, 1.807) is 6.92 Å². The molecule has 94 valence electrons. The van der Waals surface area contributed by atoms with Gasteiger partial charge in [-0.1, -0.05) is 6.92 Å². The zero-order valence-electron chi connectivity index (χ0n) is 9.95. The minimum Gasteiger partial charge on any atom is -0.481 e. The first-order valence-corrected chi connectivity index (χ1v) is 5.15. The molecule has 2 atom stereocenters. The number of carbonyl (C=O) groups excluding carboxylic acids is 1. The van der Waals surface area contributed by atoms with Crippen molar-refractivity contribution in [1.29, 1.82) is 0 Å². The highest BCUT2D eigenvalue weighted by molar-refractivity contribution is 5.85. The van der Waals surface area contributed by atoms with Crippen molar-refractivity contribution in [2.24, 2.45) is 5.73 Å². The SMILES string of the molecule is CCC(C)(N)C(=O)NCC(CC(=O)O)OC. The van der Waals surface area contributed by atoms with Gasteiger partial charge in [0.05, 0.1) is 18.1 Å². The summed E-state index contributed by atoms with van der Waals surface area (Å²) in [4.78, 5) is 22.0. The largest absolute Gasteiger partial charge is 0.481 e. The number of aliphatic carboxylic acids is 1. The van der Waals surface area contributed by atoms with Crippen molar-refractivity contribution >= 4 is 11.9 Å². The van der Waals surface area contributed by atoms with E-state index in [1.165, 1.54) is 7.11 Å². The lowest BCUT2D eigenvalue weighted by molar-refractivity contribution is -0.140. The fourth-order valence-electron chi connectivity index (χ4n) is 1.00. The quantitative estimate of drug-likeness (QED) is 0.560. The molecule has 0 heterocycles. The van der Waals surface area contributed by atoms with E-state index in [4.69, 9.17) is 15.6 Å². The molecule has 0 aromatic rings. The van der Waals surface area contributed by atoms with Crippen LogP contribution in [0.5, 0.6) is 0 Å². The van der Waals surface area contributed by atoms with E-state index in [-0.39, 0.29) is 18.9 Å². The molecule has 0 aromatic heterocycles. The summed E-state index contributed by atoms with van der Waals surface area (Å²) >= 11 is 0. The van der Waals surface area contributed by atoms with Crippen LogP contribution in [0.2, 0.25) is 0 Å². The summed E-state index contributed by atoms with van der Waals surface area (Å²) in [5.74, 6) is -1.27. The van der Waals surface area contributed by atoms with Gasteiger partial charge >= 0.3 is 5.97 Å². The Morgan fingerprint density at radius 1 is 1.56 bits per heavy atom. The van der Waals surface area contributed by atoms with Crippen LogP contribution < -0.4 is 11.1 Å². The van der Waals surface area contributed by atoms with Gasteiger partial charge in [-0.05, 0) is 13.3 Å². The van der Waals surface area contributed by atoms with Gasteiger partial charge in [0.15, 0.2) is 0 Å². The third-order valence-corrected chi connectivity index (χ3v) is 2.48. The molecule has 0 saturated heterocycles. The third kappa shape index (κ3) is 5.09. The molecule has 16 heavy (non-hydrogen) atoms. The van der Waals surface area contributed by atoms with Gasteiger partial charge in [0.25, 0.3) is 0 Å². The Morgan fingerprint density at radius 3 is 2.50 bits per heavy atom. The summed E-state index contributed by atoms with van der Waals surface area (Å²) in [6.07, 6.45) is -0.173. The lowest BCUT2D eigenvalue weighted by atomic mass is 9.99. The normalized spacial score (nSPS) is 16.2. The Hall–Kier alpha value is -1.14. The summed E-state index contributed by atoms with van der Waals surface area (Å²) in [7, 11) is 1.40. The number of carboxylic acids is 1. The molecule has 0 aliphatic rings. The van der Waals surface area contributed by atoms with E-state index in [9.17, 15) is 9.59 Å². The van der Waals surface area contributed by atoms with Crippen molar-refractivity contribution < 1.29 is 19.4 Å². The van der Waals surface area contributed by atoms with Gasteiger partial charge in [0.1, 0.15) is 0 Å². The van der Waals surface area contributed by atoms with E-state index < -0.39 is 17.6 Å². The molecule has 0 saturated carbocycles. The van der Waals surface area contributed by atoms with E-state index in [0.717, 1.165) is 0 Å². The van der Waals surface area contributed by atoms with Crippen LogP contribution in [0.3, 0.4) is 0 Å². The molecule has 0 aromatic carbocycles. The molecule has 1 amide bonds. The smallest absolute Gasteiger partial charge is 0.306 e.